The van der Waals surface area contributed by atoms with Crippen LogP contribution in [0.15, 0.2) is 146 Å². The number of hydrogen-bond donors (Lipinski definition) is 0. The summed E-state index contributed by atoms with van der Waals surface area (Å²) in [6.07, 6.45) is 5.67. The molecule has 9 aromatic rings. The predicted octanol–water partition coefficient (Wildman–Crippen LogP) is 11.4. The number of aromatic nitrogens is 4. The Bertz CT molecular complexity index is 3080. The third-order valence-corrected chi connectivity index (χ3v) is 15.6. The Morgan fingerprint density at radius 3 is 2.12 bits per heavy atom. The number of fused-ring (bicyclic) bond motifs is 5. The molecular weight excluding hydrogens is 725 g/mol. The average Bonchev–Trinajstić information content (AvgIpc) is 3.76. The first-order valence-corrected chi connectivity index (χ1v) is 23.3. The minimum atomic E-state index is -2.05. The molecule has 5 nitrogen and oxygen atoms in total. The largest absolute Gasteiger partial charge is 0.458 e. The molecule has 0 aliphatic carbocycles. The van der Waals surface area contributed by atoms with Gasteiger partial charge in [0.05, 0.1) is 33.4 Å². The van der Waals surface area contributed by atoms with Crippen LogP contribution in [0.3, 0.4) is 0 Å². The van der Waals surface area contributed by atoms with E-state index < -0.39 is 8.07 Å². The lowest BCUT2D eigenvalue weighted by Gasteiger charge is -2.32. The van der Waals surface area contributed by atoms with E-state index in [-0.39, 0.29) is 10.8 Å². The van der Waals surface area contributed by atoms with Crippen molar-refractivity contribution in [2.24, 2.45) is 0 Å². The van der Waals surface area contributed by atoms with Gasteiger partial charge in [0.1, 0.15) is 25.4 Å². The lowest BCUT2D eigenvalue weighted by Crippen LogP contribution is -2.57. The maximum atomic E-state index is 6.85. The lowest BCUT2D eigenvalue weighted by atomic mass is 9.82. The van der Waals surface area contributed by atoms with Crippen molar-refractivity contribution in [2.45, 2.75) is 65.5 Å². The molecule has 0 saturated carbocycles. The monoisotopic (exact) mass is 772 g/mol. The Hall–Kier alpha value is -6.24. The van der Waals surface area contributed by atoms with Gasteiger partial charge in [0.15, 0.2) is 0 Å². The number of nitrogens with zero attached hydrogens (tertiary/aromatic N) is 4. The Morgan fingerprint density at radius 1 is 0.638 bits per heavy atom. The van der Waals surface area contributed by atoms with Gasteiger partial charge in [-0.05, 0) is 98.1 Å². The van der Waals surface area contributed by atoms with E-state index in [0.29, 0.717) is 0 Å². The summed E-state index contributed by atoms with van der Waals surface area (Å²) in [5, 5.41) is 5.13. The fourth-order valence-electron chi connectivity index (χ4n) is 9.05. The van der Waals surface area contributed by atoms with E-state index in [0.717, 1.165) is 50.6 Å². The number of ether oxygens (including phenoxy) is 1. The van der Waals surface area contributed by atoms with E-state index in [1.54, 1.807) is 0 Å². The molecule has 0 bridgehead atoms. The second-order valence-electron chi connectivity index (χ2n) is 18.4. The Morgan fingerprint density at radius 2 is 1.34 bits per heavy atom. The van der Waals surface area contributed by atoms with E-state index in [2.05, 4.69) is 214 Å². The van der Waals surface area contributed by atoms with Gasteiger partial charge in [0, 0.05) is 23.0 Å². The molecule has 0 unspecified atom stereocenters. The van der Waals surface area contributed by atoms with Crippen molar-refractivity contribution in [3.05, 3.63) is 163 Å². The van der Waals surface area contributed by atoms with Crippen molar-refractivity contribution in [3.63, 3.8) is 0 Å². The Kier molecular flexibility index (Phi) is 8.02. The van der Waals surface area contributed by atoms with E-state index in [9.17, 15) is 0 Å². The molecule has 0 spiro atoms. The molecule has 1 aliphatic rings. The molecule has 0 saturated heterocycles. The summed E-state index contributed by atoms with van der Waals surface area (Å²) in [5.74, 6) is 2.46. The first-order valence-electron chi connectivity index (χ1n) is 20.3. The zero-order chi connectivity index (χ0) is 40.1. The van der Waals surface area contributed by atoms with Crippen molar-refractivity contribution in [1.82, 2.24) is 14.1 Å². The summed E-state index contributed by atoms with van der Waals surface area (Å²) in [6.45, 7) is 18.5. The maximum absolute atomic E-state index is 6.85. The van der Waals surface area contributed by atoms with Gasteiger partial charge in [-0.15, -0.1) is 0 Å². The van der Waals surface area contributed by atoms with E-state index in [1.807, 2.05) is 6.20 Å². The average molecular weight is 773 g/mol. The van der Waals surface area contributed by atoms with Crippen LogP contribution < -0.4 is 19.7 Å². The molecule has 6 aromatic carbocycles. The van der Waals surface area contributed by atoms with Crippen molar-refractivity contribution in [2.75, 3.05) is 0 Å². The number of rotatable bonds is 5. The molecule has 4 heterocycles. The van der Waals surface area contributed by atoms with Crippen LogP contribution in [0.4, 0.5) is 0 Å². The number of hydrogen-bond acceptors (Lipinski definition) is 2. The summed E-state index contributed by atoms with van der Waals surface area (Å²) in [5.41, 5.74) is 11.8. The normalized spacial score (nSPS) is 13.7. The molecule has 0 atom stereocenters. The van der Waals surface area contributed by atoms with Crippen LogP contribution in [0.2, 0.25) is 13.1 Å². The Labute approximate surface area is 341 Å². The van der Waals surface area contributed by atoms with Gasteiger partial charge in [-0.25, -0.2) is 4.98 Å². The first kappa shape index (κ1) is 36.1. The fourth-order valence-corrected chi connectivity index (χ4v) is 12.0. The van der Waals surface area contributed by atoms with Gasteiger partial charge in [-0.3, -0.25) is 13.7 Å². The van der Waals surface area contributed by atoms with Crippen LogP contribution in [0.25, 0.3) is 61.2 Å². The number of pyridine rings is 1. The minimum Gasteiger partial charge on any atom is -0.458 e. The van der Waals surface area contributed by atoms with Gasteiger partial charge in [0.2, 0.25) is 0 Å². The van der Waals surface area contributed by atoms with Crippen LogP contribution in [0.5, 0.6) is 11.5 Å². The molecule has 6 heteroatoms. The molecule has 286 valence electrons. The molecular formula is C52H48N4OSi. The van der Waals surface area contributed by atoms with E-state index >= 15 is 0 Å². The van der Waals surface area contributed by atoms with Gasteiger partial charge in [-0.1, -0.05) is 133 Å². The summed E-state index contributed by atoms with van der Waals surface area (Å²) < 4.78 is 13.6. The standard InChI is InChI=1S/C52H48N4OSi/c1-51(2,3)35-27-28-53-49(30-35)56-44-29-34(39-17-12-13-18-42(39)52(4,5)6)21-24-40(44)41-25-22-37(31-45(41)56)57-38-23-26-47-46(32-38)55-33-54(36-15-10-9-11-16-36)43-19-14-20-48(50(43)55)58(47,7)8/h9-32H,1-8H3. The molecule has 0 amide bonds. The summed E-state index contributed by atoms with van der Waals surface area (Å²) in [4.78, 5) is 5.01. The summed E-state index contributed by atoms with van der Waals surface area (Å²) >= 11 is 0. The zero-order valence-corrected chi connectivity index (χ0v) is 35.6. The fraction of sp³-hybridized carbons (Fsp3) is 0.192. The van der Waals surface area contributed by atoms with Crippen LogP contribution in [-0.2, 0) is 10.8 Å². The van der Waals surface area contributed by atoms with Crippen molar-refractivity contribution >= 4 is 51.3 Å². The van der Waals surface area contributed by atoms with Gasteiger partial charge in [-0.2, -0.15) is 0 Å². The highest BCUT2D eigenvalue weighted by atomic mass is 28.3. The smallest absolute Gasteiger partial charge is 0.269 e. The Balaban J connectivity index is 1.13. The van der Waals surface area contributed by atoms with Crippen molar-refractivity contribution in [3.8, 4) is 39.8 Å². The third-order valence-electron chi connectivity index (χ3n) is 12.1. The van der Waals surface area contributed by atoms with Crippen LogP contribution >= 0.6 is 0 Å². The quantitative estimate of drug-likeness (QED) is 0.0992. The highest BCUT2D eigenvalue weighted by Gasteiger charge is 2.36. The number of imidazole rings is 1. The van der Waals surface area contributed by atoms with Crippen molar-refractivity contribution < 1.29 is 9.30 Å². The zero-order valence-electron chi connectivity index (χ0n) is 34.6. The van der Waals surface area contributed by atoms with Crippen LogP contribution in [0, 0.1) is 6.33 Å². The second-order valence-corrected chi connectivity index (χ2v) is 22.7. The molecule has 1 aliphatic heterocycles. The topological polar surface area (TPSA) is 35.9 Å². The van der Waals surface area contributed by atoms with Crippen molar-refractivity contribution in [1.29, 1.82) is 0 Å². The molecule has 0 fully saturated rings. The highest BCUT2D eigenvalue weighted by molar-refractivity contribution is 7.02. The maximum Gasteiger partial charge on any atom is 0.269 e. The molecule has 58 heavy (non-hydrogen) atoms. The molecule has 0 N–H and O–H groups in total. The SMILES string of the molecule is CC(C)(C)c1ccnc(-n2c3cc(Oc4ccc5c(c4)-n4[c-][n+](-c6ccccc6)c6cccc(c64)[Si]5(C)C)ccc3c3ccc(-c4ccccc4C(C)(C)C)cc32)c1. The lowest BCUT2D eigenvalue weighted by molar-refractivity contribution is -0.572. The highest BCUT2D eigenvalue weighted by Crippen LogP contribution is 2.40. The first-order chi connectivity index (χ1) is 27.8. The minimum absolute atomic E-state index is 0.000486. The predicted molar refractivity (Wildman–Crippen MR) is 242 cm³/mol. The van der Waals surface area contributed by atoms with Crippen LogP contribution in [-0.4, -0.2) is 22.2 Å². The van der Waals surface area contributed by atoms with E-state index in [4.69, 9.17) is 9.72 Å². The summed E-state index contributed by atoms with van der Waals surface area (Å²) in [6, 6.07) is 50.4. The number of para-hydroxylation sites is 2. The summed E-state index contributed by atoms with van der Waals surface area (Å²) in [7, 11) is -2.05. The molecule has 10 rings (SSSR count). The number of benzene rings is 6. The van der Waals surface area contributed by atoms with Crippen LogP contribution in [0.1, 0.15) is 52.7 Å². The molecule has 0 radical (unpaired) electrons. The third kappa shape index (κ3) is 5.72. The van der Waals surface area contributed by atoms with E-state index in [1.165, 1.54) is 43.5 Å². The molecule has 3 aromatic heterocycles. The van der Waals surface area contributed by atoms with Gasteiger partial charge < -0.3 is 4.74 Å². The van der Waals surface area contributed by atoms with Gasteiger partial charge >= 0.3 is 0 Å². The second kappa shape index (κ2) is 12.9. The van der Waals surface area contributed by atoms with Gasteiger partial charge in [0.25, 0.3) is 6.33 Å².